The molecule has 0 atom stereocenters. The minimum atomic E-state index is -0.283. The van der Waals surface area contributed by atoms with E-state index in [-0.39, 0.29) is 11.5 Å². The van der Waals surface area contributed by atoms with Gasteiger partial charge in [-0.25, -0.2) is 4.98 Å². The summed E-state index contributed by atoms with van der Waals surface area (Å²) in [5, 5.41) is 3.34. The van der Waals surface area contributed by atoms with Crippen LogP contribution in [0.1, 0.15) is 20.8 Å². The molecule has 0 spiro atoms. The topological polar surface area (TPSA) is 64.0 Å². The SMILES string of the molecule is Cc1ccc(-c2nc(NC(=O)c3ccc(=O)n(C)c3)sc2C)cc1. The summed E-state index contributed by atoms with van der Waals surface area (Å²) in [5.74, 6) is -0.283. The maximum Gasteiger partial charge on any atom is 0.258 e. The van der Waals surface area contributed by atoms with Crippen molar-refractivity contribution in [3.8, 4) is 11.3 Å². The van der Waals surface area contributed by atoms with Crippen molar-refractivity contribution in [1.29, 1.82) is 0 Å². The maximum absolute atomic E-state index is 12.3. The van der Waals surface area contributed by atoms with Crippen LogP contribution < -0.4 is 10.9 Å². The van der Waals surface area contributed by atoms with Gasteiger partial charge in [-0.05, 0) is 19.9 Å². The number of carbonyl (C=O) groups is 1. The molecule has 0 aliphatic rings. The minimum Gasteiger partial charge on any atom is -0.318 e. The third-order valence-corrected chi connectivity index (χ3v) is 4.58. The first-order valence-electron chi connectivity index (χ1n) is 7.46. The number of aromatic nitrogens is 2. The van der Waals surface area contributed by atoms with Crippen LogP contribution in [0, 0.1) is 13.8 Å². The number of pyridine rings is 1. The van der Waals surface area contributed by atoms with Crippen molar-refractivity contribution in [2.24, 2.45) is 7.05 Å². The summed E-state index contributed by atoms with van der Waals surface area (Å²) in [4.78, 5) is 29.3. The number of hydrogen-bond acceptors (Lipinski definition) is 4. The highest BCUT2D eigenvalue weighted by Gasteiger charge is 2.13. The molecular formula is C18H17N3O2S. The Labute approximate surface area is 143 Å². The molecule has 1 amide bonds. The second-order valence-electron chi connectivity index (χ2n) is 5.61. The summed E-state index contributed by atoms with van der Waals surface area (Å²) < 4.78 is 1.37. The Balaban J connectivity index is 1.84. The molecule has 2 aromatic heterocycles. The molecule has 6 heteroatoms. The zero-order valence-corrected chi connectivity index (χ0v) is 14.5. The highest BCUT2D eigenvalue weighted by Crippen LogP contribution is 2.30. The molecule has 0 aliphatic heterocycles. The van der Waals surface area contributed by atoms with Crippen molar-refractivity contribution in [1.82, 2.24) is 9.55 Å². The van der Waals surface area contributed by atoms with E-state index in [0.717, 1.165) is 16.1 Å². The van der Waals surface area contributed by atoms with Crippen LogP contribution in [0.15, 0.2) is 47.4 Å². The van der Waals surface area contributed by atoms with Gasteiger partial charge in [0.1, 0.15) is 0 Å². The summed E-state index contributed by atoms with van der Waals surface area (Å²) in [7, 11) is 1.61. The number of aryl methyl sites for hydroxylation is 3. The summed E-state index contributed by atoms with van der Waals surface area (Å²) in [5.41, 5.74) is 3.35. The largest absolute Gasteiger partial charge is 0.318 e. The number of amides is 1. The van der Waals surface area contributed by atoms with Gasteiger partial charge in [0.25, 0.3) is 5.91 Å². The average molecular weight is 339 g/mol. The summed E-state index contributed by atoms with van der Waals surface area (Å²) >= 11 is 1.43. The Morgan fingerprint density at radius 2 is 1.83 bits per heavy atom. The van der Waals surface area contributed by atoms with Crippen LogP contribution in [0.2, 0.25) is 0 Å². The van der Waals surface area contributed by atoms with E-state index in [2.05, 4.69) is 10.3 Å². The molecule has 122 valence electrons. The first kappa shape index (κ1) is 16.1. The third-order valence-electron chi connectivity index (χ3n) is 3.69. The van der Waals surface area contributed by atoms with Crippen LogP contribution in [0.4, 0.5) is 5.13 Å². The summed E-state index contributed by atoms with van der Waals surface area (Å²) in [6.45, 7) is 4.02. The fourth-order valence-electron chi connectivity index (χ4n) is 2.33. The lowest BCUT2D eigenvalue weighted by Crippen LogP contribution is -2.19. The zero-order valence-electron chi connectivity index (χ0n) is 13.7. The van der Waals surface area contributed by atoms with E-state index >= 15 is 0 Å². The molecular weight excluding hydrogens is 322 g/mol. The molecule has 3 rings (SSSR count). The molecule has 0 aliphatic carbocycles. The van der Waals surface area contributed by atoms with E-state index in [1.165, 1.54) is 39.8 Å². The van der Waals surface area contributed by atoms with Gasteiger partial charge in [-0.2, -0.15) is 0 Å². The second-order valence-corrected chi connectivity index (χ2v) is 6.81. The molecule has 1 N–H and O–H groups in total. The number of rotatable bonds is 3. The third kappa shape index (κ3) is 3.28. The van der Waals surface area contributed by atoms with Gasteiger partial charge in [0, 0.05) is 29.8 Å². The van der Waals surface area contributed by atoms with Crippen LogP contribution in [0.25, 0.3) is 11.3 Å². The Bertz CT molecular complexity index is 955. The van der Waals surface area contributed by atoms with Crippen LogP contribution >= 0.6 is 11.3 Å². The monoisotopic (exact) mass is 339 g/mol. The summed E-state index contributed by atoms with van der Waals surface area (Å²) in [6.07, 6.45) is 1.51. The highest BCUT2D eigenvalue weighted by atomic mass is 32.1. The lowest BCUT2D eigenvalue weighted by molar-refractivity contribution is 0.102. The smallest absolute Gasteiger partial charge is 0.258 e. The molecule has 0 bridgehead atoms. The standard InChI is InChI=1S/C18H17N3O2S/c1-11-4-6-13(7-5-11)16-12(2)24-18(19-16)20-17(23)14-8-9-15(22)21(3)10-14/h4-10H,1-3H3,(H,19,20,23). The second kappa shape index (κ2) is 6.41. The van der Waals surface area contributed by atoms with Crippen LogP contribution in [0.3, 0.4) is 0 Å². The minimum absolute atomic E-state index is 0.154. The number of nitrogens with one attached hydrogen (secondary N) is 1. The van der Waals surface area contributed by atoms with E-state index in [4.69, 9.17) is 0 Å². The molecule has 1 aromatic carbocycles. The van der Waals surface area contributed by atoms with Crippen molar-refractivity contribution in [2.45, 2.75) is 13.8 Å². The van der Waals surface area contributed by atoms with E-state index in [0.29, 0.717) is 10.7 Å². The lowest BCUT2D eigenvalue weighted by Gasteiger charge is -2.03. The van der Waals surface area contributed by atoms with E-state index in [1.54, 1.807) is 7.05 Å². The highest BCUT2D eigenvalue weighted by molar-refractivity contribution is 7.16. The maximum atomic E-state index is 12.3. The quantitative estimate of drug-likeness (QED) is 0.795. The van der Waals surface area contributed by atoms with E-state index < -0.39 is 0 Å². The first-order chi connectivity index (χ1) is 11.4. The fraction of sp³-hybridized carbons (Fsp3) is 0.167. The molecule has 0 unspecified atom stereocenters. The predicted octanol–water partition coefficient (Wildman–Crippen LogP) is 3.38. The van der Waals surface area contributed by atoms with Gasteiger partial charge in [0.15, 0.2) is 5.13 Å². The number of hydrogen-bond donors (Lipinski definition) is 1. The number of carbonyl (C=O) groups excluding carboxylic acids is 1. The van der Waals surface area contributed by atoms with Crippen molar-refractivity contribution >= 4 is 22.4 Å². The fourth-order valence-corrected chi connectivity index (χ4v) is 3.16. The van der Waals surface area contributed by atoms with Gasteiger partial charge in [0.2, 0.25) is 5.56 Å². The Hall–Kier alpha value is -2.73. The zero-order chi connectivity index (χ0) is 17.3. The van der Waals surface area contributed by atoms with Gasteiger partial charge in [-0.3, -0.25) is 14.9 Å². The lowest BCUT2D eigenvalue weighted by atomic mass is 10.1. The average Bonchev–Trinajstić information content (AvgIpc) is 2.91. The van der Waals surface area contributed by atoms with E-state index in [9.17, 15) is 9.59 Å². The van der Waals surface area contributed by atoms with Gasteiger partial charge < -0.3 is 4.57 Å². The number of benzene rings is 1. The van der Waals surface area contributed by atoms with E-state index in [1.807, 2.05) is 38.1 Å². The molecule has 0 fully saturated rings. The van der Waals surface area contributed by atoms with Crippen LogP contribution in [-0.2, 0) is 7.05 Å². The number of nitrogens with zero attached hydrogens (tertiary/aromatic N) is 2. The Morgan fingerprint density at radius 1 is 1.12 bits per heavy atom. The van der Waals surface area contributed by atoms with Crippen molar-refractivity contribution < 1.29 is 4.79 Å². The van der Waals surface area contributed by atoms with Gasteiger partial charge in [-0.15, -0.1) is 11.3 Å². The molecule has 0 radical (unpaired) electrons. The van der Waals surface area contributed by atoms with Crippen LogP contribution in [-0.4, -0.2) is 15.5 Å². The Kier molecular flexibility index (Phi) is 4.31. The van der Waals surface area contributed by atoms with Gasteiger partial charge >= 0.3 is 0 Å². The molecule has 5 nitrogen and oxygen atoms in total. The first-order valence-corrected chi connectivity index (χ1v) is 8.28. The van der Waals surface area contributed by atoms with Crippen molar-refractivity contribution in [2.75, 3.05) is 5.32 Å². The number of thiazole rings is 1. The molecule has 24 heavy (non-hydrogen) atoms. The van der Waals surface area contributed by atoms with Crippen molar-refractivity contribution in [3.63, 3.8) is 0 Å². The number of anilines is 1. The molecule has 0 saturated heterocycles. The molecule has 3 aromatic rings. The summed E-state index contributed by atoms with van der Waals surface area (Å²) in [6, 6.07) is 11.0. The molecule has 0 saturated carbocycles. The predicted molar refractivity (Wildman–Crippen MR) is 96.7 cm³/mol. The molecule has 2 heterocycles. The van der Waals surface area contributed by atoms with Crippen LogP contribution in [0.5, 0.6) is 0 Å². The normalized spacial score (nSPS) is 10.6. The van der Waals surface area contributed by atoms with Gasteiger partial charge in [-0.1, -0.05) is 29.8 Å². The Morgan fingerprint density at radius 3 is 2.50 bits per heavy atom. The van der Waals surface area contributed by atoms with Crippen molar-refractivity contribution in [3.05, 3.63) is 69.0 Å². The van der Waals surface area contributed by atoms with Gasteiger partial charge in [0.05, 0.1) is 11.3 Å².